The van der Waals surface area contributed by atoms with Crippen molar-refractivity contribution < 1.29 is 19.1 Å². The third-order valence-electron chi connectivity index (χ3n) is 8.21. The number of hydrogen-bond acceptors (Lipinski definition) is 5. The van der Waals surface area contributed by atoms with Crippen molar-refractivity contribution in [2.75, 3.05) is 25.2 Å². The number of carbonyl (C=O) groups is 2. The molecule has 3 aliphatic rings. The summed E-state index contributed by atoms with van der Waals surface area (Å²) in [6.07, 6.45) is 8.64. The lowest BCUT2D eigenvalue weighted by Gasteiger charge is -2.34. The summed E-state index contributed by atoms with van der Waals surface area (Å²) in [4.78, 5) is 31.9. The molecule has 1 aromatic carbocycles. The number of amides is 1. The average molecular weight is 468 g/mol. The van der Waals surface area contributed by atoms with Crippen LogP contribution in [-0.4, -0.2) is 47.8 Å². The summed E-state index contributed by atoms with van der Waals surface area (Å²) >= 11 is 0. The van der Waals surface area contributed by atoms with Gasteiger partial charge in [-0.05, 0) is 76.8 Å². The SMILES string of the molecule is COC(=O)N1c2ccc3c(nc(C[C@H]4CCCOC4)n3[C@@H]3CCC[C@@H](C(C)=O)C3)c2CC[C@@H]1C. The second-order valence-corrected chi connectivity index (χ2v) is 10.5. The summed E-state index contributed by atoms with van der Waals surface area (Å²) in [5.41, 5.74) is 4.20. The first-order valence-corrected chi connectivity index (χ1v) is 13.0. The molecule has 184 valence electrons. The first kappa shape index (κ1) is 23.3. The lowest BCUT2D eigenvalue weighted by molar-refractivity contribution is -0.122. The van der Waals surface area contributed by atoms with Gasteiger partial charge in [0.05, 0.1) is 23.8 Å². The minimum absolute atomic E-state index is 0.0908. The minimum atomic E-state index is -0.316. The van der Waals surface area contributed by atoms with E-state index in [1.54, 1.807) is 11.8 Å². The number of aromatic nitrogens is 2. The van der Waals surface area contributed by atoms with Crippen LogP contribution in [0.25, 0.3) is 11.0 Å². The van der Waals surface area contributed by atoms with E-state index in [9.17, 15) is 9.59 Å². The standard InChI is InChI=1S/C27H37N3O4/c1-17-9-10-22-23(29(17)27(32)33-3)11-12-24-26(22)28-25(14-19-6-5-13-34-16-19)30(24)21-8-4-7-20(15-21)18(2)31/h11-12,17,19-21H,4-10,13-16H2,1-3H3/t17-,19+,20+,21+/m0/s1. The van der Waals surface area contributed by atoms with E-state index in [1.165, 1.54) is 7.11 Å². The van der Waals surface area contributed by atoms with E-state index in [0.29, 0.717) is 11.7 Å². The molecule has 2 aromatic rings. The van der Waals surface area contributed by atoms with Crippen molar-refractivity contribution in [3.8, 4) is 0 Å². The number of carbonyl (C=O) groups excluding carboxylic acids is 2. The van der Waals surface area contributed by atoms with Crippen molar-refractivity contribution in [2.45, 2.75) is 83.7 Å². The molecule has 5 rings (SSSR count). The third kappa shape index (κ3) is 4.23. The number of fused-ring (bicyclic) bond motifs is 3. The zero-order chi connectivity index (χ0) is 23.8. The van der Waals surface area contributed by atoms with Gasteiger partial charge in [0.15, 0.2) is 0 Å². The molecular formula is C27H37N3O4. The Morgan fingerprint density at radius 3 is 2.76 bits per heavy atom. The molecule has 0 spiro atoms. The summed E-state index contributed by atoms with van der Waals surface area (Å²) in [5.74, 6) is 2.02. The Hall–Kier alpha value is -2.41. The maximum absolute atomic E-state index is 12.6. The summed E-state index contributed by atoms with van der Waals surface area (Å²) < 4.78 is 13.3. The number of Topliss-reactive ketones (excluding diaryl/α,β-unsaturated/α-hetero) is 1. The second kappa shape index (κ2) is 9.68. The van der Waals surface area contributed by atoms with Crippen LogP contribution in [0.4, 0.5) is 10.5 Å². The van der Waals surface area contributed by atoms with Crippen molar-refractivity contribution in [1.29, 1.82) is 0 Å². The number of anilines is 1. The van der Waals surface area contributed by atoms with Crippen LogP contribution >= 0.6 is 0 Å². The van der Waals surface area contributed by atoms with Gasteiger partial charge >= 0.3 is 6.09 Å². The Morgan fingerprint density at radius 1 is 1.18 bits per heavy atom. The molecule has 34 heavy (non-hydrogen) atoms. The molecule has 1 saturated heterocycles. The van der Waals surface area contributed by atoms with Crippen LogP contribution in [0.15, 0.2) is 12.1 Å². The quantitative estimate of drug-likeness (QED) is 0.615. The van der Waals surface area contributed by atoms with Gasteiger partial charge in [0.25, 0.3) is 0 Å². The molecule has 2 aliphatic heterocycles. The van der Waals surface area contributed by atoms with Crippen molar-refractivity contribution in [1.82, 2.24) is 9.55 Å². The lowest BCUT2D eigenvalue weighted by atomic mass is 9.83. The van der Waals surface area contributed by atoms with Gasteiger partial charge < -0.3 is 14.0 Å². The lowest BCUT2D eigenvalue weighted by Crippen LogP contribution is -2.42. The molecule has 1 aromatic heterocycles. The van der Waals surface area contributed by atoms with Crippen LogP contribution in [0.2, 0.25) is 0 Å². The van der Waals surface area contributed by atoms with Crippen LogP contribution in [-0.2, 0) is 27.1 Å². The zero-order valence-electron chi connectivity index (χ0n) is 20.7. The number of ether oxygens (including phenoxy) is 2. The van der Waals surface area contributed by atoms with E-state index in [1.807, 2.05) is 0 Å². The molecule has 0 unspecified atom stereocenters. The maximum atomic E-state index is 12.6. The van der Waals surface area contributed by atoms with Gasteiger partial charge in [-0.2, -0.15) is 0 Å². The number of rotatable bonds is 4. The van der Waals surface area contributed by atoms with Crippen LogP contribution in [0.3, 0.4) is 0 Å². The fourth-order valence-electron chi connectivity index (χ4n) is 6.37. The highest BCUT2D eigenvalue weighted by Gasteiger charge is 2.34. The highest BCUT2D eigenvalue weighted by atomic mass is 16.5. The highest BCUT2D eigenvalue weighted by Crippen LogP contribution is 2.41. The topological polar surface area (TPSA) is 73.7 Å². The molecular weight excluding hydrogens is 430 g/mol. The van der Waals surface area contributed by atoms with Gasteiger partial charge in [0.1, 0.15) is 11.6 Å². The summed E-state index contributed by atoms with van der Waals surface area (Å²) in [7, 11) is 1.44. The van der Waals surface area contributed by atoms with E-state index < -0.39 is 0 Å². The van der Waals surface area contributed by atoms with Gasteiger partial charge in [-0.15, -0.1) is 0 Å². The second-order valence-electron chi connectivity index (χ2n) is 10.5. The Balaban J connectivity index is 1.60. The van der Waals surface area contributed by atoms with E-state index in [-0.39, 0.29) is 24.1 Å². The van der Waals surface area contributed by atoms with Crippen molar-refractivity contribution >= 4 is 28.6 Å². The Labute approximate surface area is 201 Å². The van der Waals surface area contributed by atoms with E-state index >= 15 is 0 Å². The molecule has 0 radical (unpaired) electrons. The van der Waals surface area contributed by atoms with E-state index in [0.717, 1.165) is 99.1 Å². The molecule has 7 nitrogen and oxygen atoms in total. The predicted molar refractivity (Wildman–Crippen MR) is 131 cm³/mol. The third-order valence-corrected chi connectivity index (χ3v) is 8.21. The largest absolute Gasteiger partial charge is 0.452 e. The van der Waals surface area contributed by atoms with Gasteiger partial charge in [0, 0.05) is 43.2 Å². The minimum Gasteiger partial charge on any atom is -0.452 e. The number of methoxy groups -OCH3 is 1. The molecule has 1 saturated carbocycles. The summed E-state index contributed by atoms with van der Waals surface area (Å²) in [6.45, 7) is 5.44. The molecule has 1 aliphatic carbocycles. The number of hydrogen-bond donors (Lipinski definition) is 0. The number of aryl methyl sites for hydroxylation is 1. The summed E-state index contributed by atoms with van der Waals surface area (Å²) in [6, 6.07) is 4.58. The molecule has 0 N–H and O–H groups in total. The molecule has 4 atom stereocenters. The number of nitrogens with zero attached hydrogens (tertiary/aromatic N) is 3. The number of imidazole rings is 1. The van der Waals surface area contributed by atoms with Crippen LogP contribution in [0.1, 0.15) is 76.2 Å². The monoisotopic (exact) mass is 467 g/mol. The van der Waals surface area contributed by atoms with Gasteiger partial charge in [-0.1, -0.05) is 6.42 Å². The van der Waals surface area contributed by atoms with Crippen molar-refractivity contribution in [3.05, 3.63) is 23.5 Å². The average Bonchev–Trinajstić information content (AvgIpc) is 3.22. The van der Waals surface area contributed by atoms with Gasteiger partial charge in [-0.3, -0.25) is 9.69 Å². The van der Waals surface area contributed by atoms with E-state index in [2.05, 4.69) is 23.6 Å². The molecule has 2 fully saturated rings. The molecule has 1 amide bonds. The molecule has 7 heteroatoms. The van der Waals surface area contributed by atoms with Crippen LogP contribution < -0.4 is 4.90 Å². The smallest absolute Gasteiger partial charge is 0.414 e. The fraction of sp³-hybridized carbons (Fsp3) is 0.667. The number of ketones is 1. The number of benzene rings is 1. The van der Waals surface area contributed by atoms with Crippen LogP contribution in [0.5, 0.6) is 0 Å². The molecule has 3 heterocycles. The van der Waals surface area contributed by atoms with Crippen molar-refractivity contribution in [3.63, 3.8) is 0 Å². The van der Waals surface area contributed by atoms with Gasteiger partial charge in [-0.25, -0.2) is 9.78 Å². The predicted octanol–water partition coefficient (Wildman–Crippen LogP) is 5.23. The first-order valence-electron chi connectivity index (χ1n) is 13.0. The van der Waals surface area contributed by atoms with Crippen molar-refractivity contribution in [2.24, 2.45) is 11.8 Å². The Kier molecular flexibility index (Phi) is 6.65. The zero-order valence-corrected chi connectivity index (χ0v) is 20.7. The maximum Gasteiger partial charge on any atom is 0.414 e. The Morgan fingerprint density at radius 2 is 2.03 bits per heavy atom. The Bertz CT molecular complexity index is 1070. The molecule has 0 bridgehead atoms. The summed E-state index contributed by atoms with van der Waals surface area (Å²) in [5, 5.41) is 0. The van der Waals surface area contributed by atoms with Crippen LogP contribution in [0, 0.1) is 11.8 Å². The highest BCUT2D eigenvalue weighted by molar-refractivity contribution is 5.95. The first-order chi connectivity index (χ1) is 16.5. The normalized spacial score (nSPS) is 27.4. The van der Waals surface area contributed by atoms with Gasteiger partial charge in [0.2, 0.25) is 0 Å². The fourth-order valence-corrected chi connectivity index (χ4v) is 6.37. The van der Waals surface area contributed by atoms with E-state index in [4.69, 9.17) is 14.5 Å².